The largest absolute Gasteiger partial charge is 0.326 e. The minimum atomic E-state index is -0.0745. The molecule has 0 spiro atoms. The van der Waals surface area contributed by atoms with E-state index < -0.39 is 0 Å². The summed E-state index contributed by atoms with van der Waals surface area (Å²) in [6, 6.07) is 25.3. The number of carbonyl (C=O) groups is 2. The normalized spacial score (nSPS) is 13.9. The molecule has 0 atom stereocenters. The van der Waals surface area contributed by atoms with Gasteiger partial charge in [-0.15, -0.1) is 0 Å². The third-order valence-corrected chi connectivity index (χ3v) is 5.58. The zero-order chi connectivity index (χ0) is 21.6. The Bertz CT molecular complexity index is 1070. The maximum Gasteiger partial charge on any atom is 0.324 e. The van der Waals surface area contributed by atoms with Crippen molar-refractivity contribution in [2.45, 2.75) is 26.3 Å². The number of nitrogens with one attached hydrogen (secondary N) is 1. The van der Waals surface area contributed by atoms with Gasteiger partial charge in [0.05, 0.1) is 6.42 Å². The molecule has 1 fully saturated rings. The van der Waals surface area contributed by atoms with Crippen LogP contribution in [0.25, 0.3) is 0 Å². The molecule has 31 heavy (non-hydrogen) atoms. The number of aryl methyl sites for hydroxylation is 1. The Balaban J connectivity index is 1.44. The zero-order valence-corrected chi connectivity index (χ0v) is 17.8. The van der Waals surface area contributed by atoms with Gasteiger partial charge in [-0.2, -0.15) is 0 Å². The van der Waals surface area contributed by atoms with Crippen LogP contribution in [0.3, 0.4) is 0 Å². The third-order valence-electron chi connectivity index (χ3n) is 5.58. The van der Waals surface area contributed by atoms with Crippen LogP contribution in [0, 0.1) is 6.92 Å². The summed E-state index contributed by atoms with van der Waals surface area (Å²) in [5.41, 5.74) is 4.82. The van der Waals surface area contributed by atoms with Crippen LogP contribution in [0.2, 0.25) is 0 Å². The van der Waals surface area contributed by atoms with E-state index in [0.717, 1.165) is 24.2 Å². The first kappa shape index (κ1) is 20.7. The van der Waals surface area contributed by atoms with Gasteiger partial charge in [0.1, 0.15) is 0 Å². The van der Waals surface area contributed by atoms with Crippen LogP contribution in [-0.4, -0.2) is 29.9 Å². The SMILES string of the molecule is Cc1ccccc1CN1CCCN(c2cccc(NC(=O)Cc3ccccc3)c2)C1=O. The third kappa shape index (κ3) is 5.12. The van der Waals surface area contributed by atoms with Crippen molar-refractivity contribution >= 4 is 23.3 Å². The molecule has 0 radical (unpaired) electrons. The number of hydrogen-bond donors (Lipinski definition) is 1. The summed E-state index contributed by atoms with van der Waals surface area (Å²) in [6.07, 6.45) is 1.22. The predicted octanol–water partition coefficient (Wildman–Crippen LogP) is 5.01. The molecule has 0 aliphatic carbocycles. The van der Waals surface area contributed by atoms with Gasteiger partial charge in [0.15, 0.2) is 0 Å². The highest BCUT2D eigenvalue weighted by Crippen LogP contribution is 2.25. The molecule has 0 saturated carbocycles. The van der Waals surface area contributed by atoms with E-state index in [-0.39, 0.29) is 11.9 Å². The molecule has 1 aliphatic heterocycles. The van der Waals surface area contributed by atoms with Crippen molar-refractivity contribution in [3.8, 4) is 0 Å². The lowest BCUT2D eigenvalue weighted by atomic mass is 10.1. The van der Waals surface area contributed by atoms with E-state index in [1.165, 1.54) is 11.1 Å². The highest BCUT2D eigenvalue weighted by Gasteiger charge is 2.27. The fraction of sp³-hybridized carbons (Fsp3) is 0.231. The summed E-state index contributed by atoms with van der Waals surface area (Å²) in [7, 11) is 0. The highest BCUT2D eigenvalue weighted by atomic mass is 16.2. The molecule has 1 N–H and O–H groups in total. The molecule has 1 aliphatic rings. The van der Waals surface area contributed by atoms with Gasteiger partial charge in [0, 0.05) is 31.0 Å². The molecule has 5 nitrogen and oxygen atoms in total. The topological polar surface area (TPSA) is 52.6 Å². The Labute approximate surface area is 183 Å². The maximum absolute atomic E-state index is 13.2. The quantitative estimate of drug-likeness (QED) is 0.618. The number of hydrogen-bond acceptors (Lipinski definition) is 2. The molecule has 3 aromatic rings. The van der Waals surface area contributed by atoms with E-state index in [1.54, 1.807) is 4.90 Å². The average molecular weight is 414 g/mol. The van der Waals surface area contributed by atoms with Crippen molar-refractivity contribution in [3.63, 3.8) is 0 Å². The molecular formula is C26H27N3O2. The highest BCUT2D eigenvalue weighted by molar-refractivity contribution is 5.95. The average Bonchev–Trinajstić information content (AvgIpc) is 2.77. The second kappa shape index (κ2) is 9.47. The first-order chi connectivity index (χ1) is 15.1. The molecule has 4 rings (SSSR count). The van der Waals surface area contributed by atoms with E-state index in [9.17, 15) is 9.59 Å². The number of rotatable bonds is 6. The number of anilines is 2. The van der Waals surface area contributed by atoms with Crippen LogP contribution in [0.15, 0.2) is 78.9 Å². The first-order valence-electron chi connectivity index (χ1n) is 10.6. The summed E-state index contributed by atoms with van der Waals surface area (Å²) < 4.78 is 0. The number of amides is 3. The molecule has 3 aromatic carbocycles. The van der Waals surface area contributed by atoms with Crippen LogP contribution in [0.4, 0.5) is 16.2 Å². The van der Waals surface area contributed by atoms with Crippen LogP contribution in [0.1, 0.15) is 23.1 Å². The van der Waals surface area contributed by atoms with E-state index >= 15 is 0 Å². The van der Waals surface area contributed by atoms with Gasteiger partial charge in [-0.3, -0.25) is 9.69 Å². The Hall–Kier alpha value is -3.60. The Morgan fingerprint density at radius 2 is 1.71 bits per heavy atom. The van der Waals surface area contributed by atoms with Crippen LogP contribution >= 0.6 is 0 Å². The van der Waals surface area contributed by atoms with Gasteiger partial charge in [-0.25, -0.2) is 4.79 Å². The summed E-state index contributed by atoms with van der Waals surface area (Å²) >= 11 is 0. The van der Waals surface area contributed by atoms with Gasteiger partial charge in [0.2, 0.25) is 5.91 Å². The van der Waals surface area contributed by atoms with E-state index in [1.807, 2.05) is 71.6 Å². The van der Waals surface area contributed by atoms with Gasteiger partial charge in [-0.1, -0.05) is 60.7 Å². The van der Waals surface area contributed by atoms with E-state index in [2.05, 4.69) is 24.4 Å². The van der Waals surface area contributed by atoms with Crippen molar-refractivity contribution in [1.29, 1.82) is 0 Å². The van der Waals surface area contributed by atoms with Gasteiger partial charge >= 0.3 is 6.03 Å². The minimum absolute atomic E-state index is 0.00210. The molecular weight excluding hydrogens is 386 g/mol. The van der Waals surface area contributed by atoms with Crippen LogP contribution in [-0.2, 0) is 17.8 Å². The molecule has 0 unspecified atom stereocenters. The van der Waals surface area contributed by atoms with E-state index in [4.69, 9.17) is 0 Å². The standard InChI is InChI=1S/C26H27N3O2/c1-20-9-5-6-12-22(20)19-28-15-8-16-29(26(28)31)24-14-7-13-23(18-24)27-25(30)17-21-10-3-2-4-11-21/h2-7,9-14,18H,8,15-17,19H2,1H3,(H,27,30). The van der Waals surface area contributed by atoms with Crippen LogP contribution in [0.5, 0.6) is 0 Å². The fourth-order valence-corrected chi connectivity index (χ4v) is 3.90. The lowest BCUT2D eigenvalue weighted by Crippen LogP contribution is -2.49. The lowest BCUT2D eigenvalue weighted by molar-refractivity contribution is -0.115. The number of nitrogens with zero attached hydrogens (tertiary/aromatic N) is 2. The molecule has 5 heteroatoms. The minimum Gasteiger partial charge on any atom is -0.326 e. The van der Waals surface area contributed by atoms with Crippen molar-refractivity contribution < 1.29 is 9.59 Å². The predicted molar refractivity (Wildman–Crippen MR) is 124 cm³/mol. The first-order valence-corrected chi connectivity index (χ1v) is 10.6. The van der Waals surface area contributed by atoms with Gasteiger partial charge in [-0.05, 0) is 48.2 Å². The Morgan fingerprint density at radius 3 is 2.52 bits per heavy atom. The van der Waals surface area contributed by atoms with Gasteiger partial charge < -0.3 is 10.2 Å². The molecule has 1 saturated heterocycles. The fourth-order valence-electron chi connectivity index (χ4n) is 3.90. The summed E-state index contributed by atoms with van der Waals surface area (Å²) in [6.45, 7) is 4.10. The smallest absolute Gasteiger partial charge is 0.324 e. The zero-order valence-electron chi connectivity index (χ0n) is 17.8. The molecule has 1 heterocycles. The summed E-state index contributed by atoms with van der Waals surface area (Å²) in [5.74, 6) is -0.0745. The Morgan fingerprint density at radius 1 is 0.935 bits per heavy atom. The second-order valence-corrected chi connectivity index (χ2v) is 7.90. The molecule has 158 valence electrons. The molecule has 0 aromatic heterocycles. The molecule has 3 amide bonds. The number of urea groups is 1. The second-order valence-electron chi connectivity index (χ2n) is 7.90. The number of benzene rings is 3. The van der Waals surface area contributed by atoms with Crippen molar-refractivity contribution in [1.82, 2.24) is 4.90 Å². The van der Waals surface area contributed by atoms with Crippen molar-refractivity contribution in [2.75, 3.05) is 23.3 Å². The van der Waals surface area contributed by atoms with Crippen molar-refractivity contribution in [3.05, 3.63) is 95.6 Å². The summed E-state index contributed by atoms with van der Waals surface area (Å²) in [5, 5.41) is 2.95. The van der Waals surface area contributed by atoms with Gasteiger partial charge in [0.25, 0.3) is 0 Å². The monoisotopic (exact) mass is 413 g/mol. The Kier molecular flexibility index (Phi) is 6.32. The molecule has 0 bridgehead atoms. The maximum atomic E-state index is 13.2. The van der Waals surface area contributed by atoms with Crippen LogP contribution < -0.4 is 10.2 Å². The summed E-state index contributed by atoms with van der Waals surface area (Å²) in [4.78, 5) is 29.3. The number of carbonyl (C=O) groups excluding carboxylic acids is 2. The lowest BCUT2D eigenvalue weighted by Gasteiger charge is -2.36. The van der Waals surface area contributed by atoms with E-state index in [0.29, 0.717) is 25.2 Å². The van der Waals surface area contributed by atoms with Crippen molar-refractivity contribution in [2.24, 2.45) is 0 Å².